The Morgan fingerprint density at radius 1 is 1.02 bits per heavy atom. The van der Waals surface area contributed by atoms with Gasteiger partial charge in [0.05, 0.1) is 22.4 Å². The lowest BCUT2D eigenvalue weighted by Crippen LogP contribution is -2.40. The van der Waals surface area contributed by atoms with E-state index in [4.69, 9.17) is 25.8 Å². The number of nitrogens with one attached hydrogen (secondary N) is 2. The first kappa shape index (κ1) is 29.0. The molecule has 3 heterocycles. The molecular formula is C32H37ClFN5O3. The molecule has 1 saturated carbocycles. The minimum absolute atomic E-state index is 0.192. The van der Waals surface area contributed by atoms with Crippen molar-refractivity contribution in [1.82, 2.24) is 19.9 Å². The number of anilines is 1. The molecule has 1 aliphatic heterocycles. The molecule has 42 heavy (non-hydrogen) atoms. The van der Waals surface area contributed by atoms with E-state index < -0.39 is 0 Å². The summed E-state index contributed by atoms with van der Waals surface area (Å²) in [7, 11) is 3.36. The molecule has 2 aromatic carbocycles. The molecule has 1 saturated heterocycles. The normalized spacial score (nSPS) is 24.3. The Bertz CT molecular complexity index is 1510. The highest BCUT2D eigenvalue weighted by Crippen LogP contribution is 2.33. The molecule has 2 fully saturated rings. The Morgan fingerprint density at radius 3 is 2.64 bits per heavy atom. The first-order chi connectivity index (χ1) is 20.5. The van der Waals surface area contributed by atoms with Crippen LogP contribution in [-0.2, 0) is 20.8 Å². The van der Waals surface area contributed by atoms with Gasteiger partial charge in [0.15, 0.2) is 12.6 Å². The Hall–Kier alpha value is -3.08. The maximum absolute atomic E-state index is 13.7. The van der Waals surface area contributed by atoms with Gasteiger partial charge >= 0.3 is 0 Å². The van der Waals surface area contributed by atoms with Crippen LogP contribution in [0.1, 0.15) is 37.7 Å². The molecule has 0 amide bonds. The van der Waals surface area contributed by atoms with Gasteiger partial charge in [0.25, 0.3) is 0 Å². The number of rotatable bonds is 10. The first-order valence-electron chi connectivity index (χ1n) is 14.5. The third kappa shape index (κ3) is 6.61. The number of hydrogen-bond acceptors (Lipinski definition) is 7. The van der Waals surface area contributed by atoms with Crippen LogP contribution in [0.5, 0.6) is 0 Å². The third-order valence-electron chi connectivity index (χ3n) is 8.44. The number of imidazole rings is 1. The molecule has 3 atom stereocenters. The average Bonchev–Trinajstić information content (AvgIpc) is 3.61. The smallest absolute Gasteiger partial charge is 0.164 e. The van der Waals surface area contributed by atoms with Gasteiger partial charge in [-0.1, -0.05) is 29.8 Å². The largest absolute Gasteiger partial charge is 0.367 e. The number of ether oxygens (including phenoxy) is 3. The molecule has 2 N–H and O–H groups in total. The lowest BCUT2D eigenvalue weighted by atomic mass is 9.90. The summed E-state index contributed by atoms with van der Waals surface area (Å²) in [6.45, 7) is 1.38. The number of fused-ring (bicyclic) bond motifs is 1. The highest BCUT2D eigenvalue weighted by Gasteiger charge is 2.35. The van der Waals surface area contributed by atoms with E-state index in [0.29, 0.717) is 23.7 Å². The summed E-state index contributed by atoms with van der Waals surface area (Å²) in [6, 6.07) is 15.6. The van der Waals surface area contributed by atoms with Gasteiger partial charge in [-0.05, 0) is 67.1 Å². The Balaban J connectivity index is 1.08. The third-order valence-corrected chi connectivity index (χ3v) is 8.74. The van der Waals surface area contributed by atoms with Crippen LogP contribution >= 0.6 is 11.6 Å². The predicted octanol–water partition coefficient (Wildman–Crippen LogP) is 6.23. The van der Waals surface area contributed by atoms with Gasteiger partial charge in [0, 0.05) is 63.5 Å². The minimum Gasteiger partial charge on any atom is -0.367 e. The van der Waals surface area contributed by atoms with Crippen molar-refractivity contribution < 1.29 is 18.6 Å². The molecule has 8 nitrogen and oxygen atoms in total. The van der Waals surface area contributed by atoms with E-state index in [1.54, 1.807) is 38.9 Å². The second-order valence-electron chi connectivity index (χ2n) is 11.3. The van der Waals surface area contributed by atoms with Crippen LogP contribution in [0.2, 0.25) is 5.02 Å². The lowest BCUT2D eigenvalue weighted by molar-refractivity contribution is -0.192. The molecule has 0 spiro atoms. The molecule has 222 valence electrons. The molecule has 2 aromatic heterocycles. The number of methoxy groups -OCH3 is 2. The predicted molar refractivity (Wildman–Crippen MR) is 162 cm³/mol. The zero-order chi connectivity index (χ0) is 29.1. The van der Waals surface area contributed by atoms with Gasteiger partial charge in [-0.3, -0.25) is 0 Å². The summed E-state index contributed by atoms with van der Waals surface area (Å²) in [6.07, 6.45) is 8.21. The van der Waals surface area contributed by atoms with Crippen LogP contribution in [0.25, 0.3) is 22.2 Å². The lowest BCUT2D eigenvalue weighted by Gasteiger charge is -2.31. The van der Waals surface area contributed by atoms with E-state index >= 15 is 0 Å². The number of hydrogen-bond donors (Lipinski definition) is 2. The average molecular weight is 594 g/mol. The fourth-order valence-electron chi connectivity index (χ4n) is 6.14. The molecule has 1 aliphatic carbocycles. The SMILES string of the molecule is COC1CC(CNC2CCC(Nc3cc(-c4ccc5ncn(Cc6cccc(F)c6)c5c4)c(Cl)cn3)CC2)C(OC)O1. The number of benzene rings is 2. The molecule has 4 aromatic rings. The summed E-state index contributed by atoms with van der Waals surface area (Å²) >= 11 is 6.64. The Kier molecular flexibility index (Phi) is 9.02. The molecular weight excluding hydrogens is 557 g/mol. The summed E-state index contributed by atoms with van der Waals surface area (Å²) in [5, 5.41) is 7.96. The van der Waals surface area contributed by atoms with E-state index in [-0.39, 0.29) is 24.3 Å². The van der Waals surface area contributed by atoms with Gasteiger partial charge in [-0.25, -0.2) is 14.4 Å². The van der Waals surface area contributed by atoms with Crippen molar-refractivity contribution in [1.29, 1.82) is 0 Å². The Morgan fingerprint density at radius 2 is 1.86 bits per heavy atom. The standard InChI is InChI=1S/C32H37ClFN5O3/c1-40-31-14-22(32(41-2)42-31)16-35-24-7-9-25(10-8-24)38-30-15-26(27(33)17-36-30)21-6-11-28-29(13-21)39(19-37-28)18-20-4-3-5-23(34)12-20/h3-6,11-13,15,17,19,22,24-25,31-32,35H,7-10,14,16,18H2,1-2H3,(H,36,38). The van der Waals surface area contributed by atoms with Crippen LogP contribution in [-0.4, -0.2) is 60.0 Å². The van der Waals surface area contributed by atoms with E-state index in [1.165, 1.54) is 6.07 Å². The second-order valence-corrected chi connectivity index (χ2v) is 11.7. The molecule has 3 unspecified atom stereocenters. The summed E-state index contributed by atoms with van der Waals surface area (Å²) < 4.78 is 32.4. The molecule has 10 heteroatoms. The van der Waals surface area contributed by atoms with Gasteiger partial charge in [-0.15, -0.1) is 0 Å². The number of nitrogens with zero attached hydrogens (tertiary/aromatic N) is 3. The highest BCUT2D eigenvalue weighted by atomic mass is 35.5. The summed E-state index contributed by atoms with van der Waals surface area (Å²) in [4.78, 5) is 9.12. The minimum atomic E-state index is -0.244. The van der Waals surface area contributed by atoms with Gasteiger partial charge in [0.2, 0.25) is 0 Å². The molecule has 0 bridgehead atoms. The first-order valence-corrected chi connectivity index (χ1v) is 14.9. The van der Waals surface area contributed by atoms with E-state index in [0.717, 1.165) is 72.2 Å². The van der Waals surface area contributed by atoms with Crippen LogP contribution in [0.3, 0.4) is 0 Å². The summed E-state index contributed by atoms with van der Waals surface area (Å²) in [5.41, 5.74) is 4.60. The Labute approximate surface area is 250 Å². The van der Waals surface area contributed by atoms with Gasteiger partial charge in [0.1, 0.15) is 11.6 Å². The fraction of sp³-hybridized carbons (Fsp3) is 0.438. The second kappa shape index (κ2) is 13.1. The molecule has 6 rings (SSSR count). The van der Waals surface area contributed by atoms with Crippen LogP contribution < -0.4 is 10.6 Å². The van der Waals surface area contributed by atoms with Crippen LogP contribution in [0, 0.1) is 11.7 Å². The van der Waals surface area contributed by atoms with Crippen molar-refractivity contribution in [3.8, 4) is 11.1 Å². The van der Waals surface area contributed by atoms with E-state index in [9.17, 15) is 4.39 Å². The monoisotopic (exact) mass is 593 g/mol. The van der Waals surface area contributed by atoms with Crippen molar-refractivity contribution in [2.24, 2.45) is 5.92 Å². The maximum atomic E-state index is 13.7. The fourth-order valence-corrected chi connectivity index (χ4v) is 6.36. The van der Waals surface area contributed by atoms with E-state index in [1.807, 2.05) is 28.8 Å². The zero-order valence-electron chi connectivity index (χ0n) is 23.9. The van der Waals surface area contributed by atoms with Gasteiger partial charge < -0.3 is 29.4 Å². The quantitative estimate of drug-likeness (QED) is 0.225. The number of pyridine rings is 1. The van der Waals surface area contributed by atoms with Crippen LogP contribution in [0.15, 0.2) is 61.1 Å². The molecule has 0 radical (unpaired) electrons. The zero-order valence-corrected chi connectivity index (χ0v) is 24.7. The van der Waals surface area contributed by atoms with Crippen LogP contribution in [0.4, 0.5) is 10.2 Å². The van der Waals surface area contributed by atoms with Crippen molar-refractivity contribution in [2.45, 2.75) is 63.3 Å². The molecule has 2 aliphatic rings. The van der Waals surface area contributed by atoms with Crippen molar-refractivity contribution in [3.63, 3.8) is 0 Å². The highest BCUT2D eigenvalue weighted by molar-refractivity contribution is 6.33. The number of aromatic nitrogens is 3. The summed E-state index contributed by atoms with van der Waals surface area (Å²) in [5.74, 6) is 0.855. The topological polar surface area (TPSA) is 82.5 Å². The number of halogens is 2. The maximum Gasteiger partial charge on any atom is 0.164 e. The van der Waals surface area contributed by atoms with E-state index in [2.05, 4.69) is 26.7 Å². The van der Waals surface area contributed by atoms with Crippen molar-refractivity contribution in [2.75, 3.05) is 26.1 Å². The van der Waals surface area contributed by atoms with Crippen molar-refractivity contribution >= 4 is 28.5 Å². The van der Waals surface area contributed by atoms with Gasteiger partial charge in [-0.2, -0.15) is 0 Å². The van der Waals surface area contributed by atoms with Crippen molar-refractivity contribution in [3.05, 3.63) is 77.5 Å².